The maximum Gasteiger partial charge on any atom is 0.255 e. The molecule has 0 aromatic heterocycles. The summed E-state index contributed by atoms with van der Waals surface area (Å²) in [5, 5.41) is 0. The predicted octanol–water partition coefficient (Wildman–Crippen LogP) is 2.90. The van der Waals surface area contributed by atoms with Crippen LogP contribution in [-0.2, 0) is 0 Å². The van der Waals surface area contributed by atoms with Gasteiger partial charge in [0.25, 0.3) is 5.91 Å². The molecule has 16 heavy (non-hydrogen) atoms. The van der Waals surface area contributed by atoms with Gasteiger partial charge in [0, 0.05) is 23.2 Å². The standard InChI is InChI=1S/C12H17BrN2O/c1-3-7-15(4-2)12(16)10-6-5-9(13)8-11(10)14/h5-6,8H,3-4,7,14H2,1-2H3. The molecule has 1 amide bonds. The van der Waals surface area contributed by atoms with E-state index in [1.54, 1.807) is 17.0 Å². The number of amides is 1. The molecule has 0 heterocycles. The predicted molar refractivity (Wildman–Crippen MR) is 70.4 cm³/mol. The van der Waals surface area contributed by atoms with E-state index in [2.05, 4.69) is 22.9 Å². The van der Waals surface area contributed by atoms with Gasteiger partial charge in [-0.3, -0.25) is 4.79 Å². The highest BCUT2D eigenvalue weighted by molar-refractivity contribution is 9.10. The van der Waals surface area contributed by atoms with E-state index in [0.717, 1.165) is 17.4 Å². The second-order valence-electron chi connectivity index (χ2n) is 3.62. The van der Waals surface area contributed by atoms with Crippen LogP contribution in [0.1, 0.15) is 30.6 Å². The number of nitrogen functional groups attached to an aromatic ring is 1. The largest absolute Gasteiger partial charge is 0.398 e. The van der Waals surface area contributed by atoms with Crippen LogP contribution in [0.3, 0.4) is 0 Å². The van der Waals surface area contributed by atoms with Crippen molar-refractivity contribution in [2.75, 3.05) is 18.8 Å². The van der Waals surface area contributed by atoms with Crippen LogP contribution in [0.2, 0.25) is 0 Å². The van der Waals surface area contributed by atoms with Crippen LogP contribution in [0, 0.1) is 0 Å². The number of nitrogens with zero attached hydrogens (tertiary/aromatic N) is 1. The fraction of sp³-hybridized carbons (Fsp3) is 0.417. The number of carbonyl (C=O) groups excluding carboxylic acids is 1. The van der Waals surface area contributed by atoms with Gasteiger partial charge in [-0.2, -0.15) is 0 Å². The lowest BCUT2D eigenvalue weighted by molar-refractivity contribution is 0.0765. The summed E-state index contributed by atoms with van der Waals surface area (Å²) in [5.41, 5.74) is 6.94. The summed E-state index contributed by atoms with van der Waals surface area (Å²) in [6.45, 7) is 5.51. The van der Waals surface area contributed by atoms with Gasteiger partial charge in [0.15, 0.2) is 0 Å². The maximum absolute atomic E-state index is 12.1. The number of carbonyl (C=O) groups is 1. The Kier molecular flexibility index (Phi) is 4.80. The number of halogens is 1. The van der Waals surface area contributed by atoms with Crippen molar-refractivity contribution in [3.8, 4) is 0 Å². The molecule has 0 aliphatic heterocycles. The number of anilines is 1. The van der Waals surface area contributed by atoms with Gasteiger partial charge in [0.1, 0.15) is 0 Å². The maximum atomic E-state index is 12.1. The highest BCUT2D eigenvalue weighted by Crippen LogP contribution is 2.20. The molecular formula is C12H17BrN2O. The lowest BCUT2D eigenvalue weighted by Crippen LogP contribution is -2.32. The average molecular weight is 285 g/mol. The lowest BCUT2D eigenvalue weighted by Gasteiger charge is -2.20. The molecule has 1 rings (SSSR count). The Balaban J connectivity index is 2.94. The first-order valence-electron chi connectivity index (χ1n) is 5.44. The third-order valence-electron chi connectivity index (χ3n) is 2.41. The third kappa shape index (κ3) is 2.98. The van der Waals surface area contributed by atoms with Gasteiger partial charge < -0.3 is 10.6 Å². The molecule has 0 saturated heterocycles. The Labute approximate surface area is 105 Å². The van der Waals surface area contributed by atoms with Crippen LogP contribution in [-0.4, -0.2) is 23.9 Å². The molecule has 0 aliphatic rings. The minimum Gasteiger partial charge on any atom is -0.398 e. The van der Waals surface area contributed by atoms with E-state index in [9.17, 15) is 4.79 Å². The normalized spacial score (nSPS) is 10.2. The second kappa shape index (κ2) is 5.89. The molecule has 0 unspecified atom stereocenters. The van der Waals surface area contributed by atoms with Crippen LogP contribution >= 0.6 is 15.9 Å². The molecule has 0 radical (unpaired) electrons. The summed E-state index contributed by atoms with van der Waals surface area (Å²) >= 11 is 3.33. The summed E-state index contributed by atoms with van der Waals surface area (Å²) in [4.78, 5) is 13.9. The van der Waals surface area contributed by atoms with Crippen molar-refractivity contribution in [2.45, 2.75) is 20.3 Å². The van der Waals surface area contributed by atoms with Crippen molar-refractivity contribution >= 4 is 27.5 Å². The number of rotatable bonds is 4. The Morgan fingerprint density at radius 2 is 2.12 bits per heavy atom. The summed E-state index contributed by atoms with van der Waals surface area (Å²) in [6.07, 6.45) is 0.954. The summed E-state index contributed by atoms with van der Waals surface area (Å²) in [7, 11) is 0. The van der Waals surface area contributed by atoms with E-state index in [4.69, 9.17) is 5.73 Å². The highest BCUT2D eigenvalue weighted by atomic mass is 79.9. The Bertz CT molecular complexity index is 379. The molecule has 0 spiro atoms. The zero-order chi connectivity index (χ0) is 12.1. The number of benzene rings is 1. The van der Waals surface area contributed by atoms with Gasteiger partial charge in [-0.1, -0.05) is 22.9 Å². The van der Waals surface area contributed by atoms with Gasteiger partial charge >= 0.3 is 0 Å². The van der Waals surface area contributed by atoms with Gasteiger partial charge in [-0.15, -0.1) is 0 Å². The molecule has 3 nitrogen and oxygen atoms in total. The number of nitrogens with two attached hydrogens (primary N) is 1. The quantitative estimate of drug-likeness (QED) is 0.865. The van der Waals surface area contributed by atoms with Crippen molar-refractivity contribution in [2.24, 2.45) is 0 Å². The van der Waals surface area contributed by atoms with Gasteiger partial charge in [0.05, 0.1) is 5.56 Å². The van der Waals surface area contributed by atoms with Crippen molar-refractivity contribution < 1.29 is 4.79 Å². The van der Waals surface area contributed by atoms with E-state index < -0.39 is 0 Å². The third-order valence-corrected chi connectivity index (χ3v) is 2.90. The Hall–Kier alpha value is -1.03. The van der Waals surface area contributed by atoms with Gasteiger partial charge in [-0.05, 0) is 31.5 Å². The molecule has 0 bridgehead atoms. The van der Waals surface area contributed by atoms with E-state index in [-0.39, 0.29) is 5.91 Å². The first-order valence-corrected chi connectivity index (χ1v) is 6.23. The van der Waals surface area contributed by atoms with Gasteiger partial charge in [0.2, 0.25) is 0 Å². The molecule has 1 aromatic carbocycles. The first kappa shape index (κ1) is 13.0. The van der Waals surface area contributed by atoms with Crippen molar-refractivity contribution in [1.29, 1.82) is 0 Å². The molecule has 4 heteroatoms. The van der Waals surface area contributed by atoms with Crippen LogP contribution < -0.4 is 5.73 Å². The van der Waals surface area contributed by atoms with Crippen LogP contribution in [0.5, 0.6) is 0 Å². The molecular weight excluding hydrogens is 268 g/mol. The highest BCUT2D eigenvalue weighted by Gasteiger charge is 2.15. The molecule has 0 atom stereocenters. The minimum absolute atomic E-state index is 0.00866. The smallest absolute Gasteiger partial charge is 0.255 e. The zero-order valence-corrected chi connectivity index (χ0v) is 11.3. The molecule has 0 saturated carbocycles. The molecule has 0 fully saturated rings. The molecule has 88 valence electrons. The molecule has 2 N–H and O–H groups in total. The van der Waals surface area contributed by atoms with Crippen molar-refractivity contribution in [3.63, 3.8) is 0 Å². The minimum atomic E-state index is 0.00866. The van der Waals surface area contributed by atoms with Crippen LogP contribution in [0.25, 0.3) is 0 Å². The SMILES string of the molecule is CCCN(CC)C(=O)c1ccc(Br)cc1N. The lowest BCUT2D eigenvalue weighted by atomic mass is 10.1. The average Bonchev–Trinajstić information content (AvgIpc) is 2.25. The summed E-state index contributed by atoms with van der Waals surface area (Å²) < 4.78 is 0.889. The summed E-state index contributed by atoms with van der Waals surface area (Å²) in [6, 6.07) is 5.36. The molecule has 0 aliphatic carbocycles. The van der Waals surface area contributed by atoms with Gasteiger partial charge in [-0.25, -0.2) is 0 Å². The first-order chi connectivity index (χ1) is 7.60. The van der Waals surface area contributed by atoms with Crippen LogP contribution in [0.4, 0.5) is 5.69 Å². The second-order valence-corrected chi connectivity index (χ2v) is 4.53. The van der Waals surface area contributed by atoms with E-state index in [1.807, 2.05) is 13.0 Å². The van der Waals surface area contributed by atoms with E-state index >= 15 is 0 Å². The monoisotopic (exact) mass is 284 g/mol. The van der Waals surface area contributed by atoms with Crippen LogP contribution in [0.15, 0.2) is 22.7 Å². The zero-order valence-electron chi connectivity index (χ0n) is 9.66. The molecule has 1 aromatic rings. The Morgan fingerprint density at radius 1 is 1.44 bits per heavy atom. The van der Waals surface area contributed by atoms with E-state index in [1.165, 1.54) is 0 Å². The Morgan fingerprint density at radius 3 is 2.62 bits per heavy atom. The van der Waals surface area contributed by atoms with Crippen molar-refractivity contribution in [3.05, 3.63) is 28.2 Å². The number of hydrogen-bond acceptors (Lipinski definition) is 2. The summed E-state index contributed by atoms with van der Waals surface area (Å²) in [5.74, 6) is 0.00866. The fourth-order valence-corrected chi connectivity index (χ4v) is 1.95. The number of hydrogen-bond donors (Lipinski definition) is 1. The van der Waals surface area contributed by atoms with E-state index in [0.29, 0.717) is 17.8 Å². The van der Waals surface area contributed by atoms with Crippen molar-refractivity contribution in [1.82, 2.24) is 4.90 Å². The topological polar surface area (TPSA) is 46.3 Å². The fourth-order valence-electron chi connectivity index (χ4n) is 1.57.